The molecule has 0 unspecified atom stereocenters. The van der Waals surface area contributed by atoms with E-state index in [0.29, 0.717) is 0 Å². The summed E-state index contributed by atoms with van der Waals surface area (Å²) < 4.78 is 38.1. The van der Waals surface area contributed by atoms with E-state index in [1.807, 2.05) is 0 Å². The number of aliphatic hydroxyl groups excluding tert-OH is 13. The van der Waals surface area contributed by atoms with Gasteiger partial charge >= 0.3 is 0 Å². The van der Waals surface area contributed by atoms with Crippen LogP contribution in [0.4, 0.5) is 0 Å². The maximum Gasteiger partial charge on any atom is 0.187 e. The Morgan fingerprint density at radius 3 is 1.18 bits per heavy atom. The van der Waals surface area contributed by atoms with Gasteiger partial charge in [-0.15, -0.1) is 0 Å². The fourth-order valence-corrected chi connectivity index (χ4v) is 5.49. The Morgan fingerprint density at radius 2 is 0.773 bits per heavy atom. The summed E-state index contributed by atoms with van der Waals surface area (Å²) in [6.07, 6.45) is -31.7. The fourth-order valence-electron chi connectivity index (χ4n) is 5.49. The van der Waals surface area contributed by atoms with Crippen LogP contribution in [0.2, 0.25) is 0 Å². The monoisotopic (exact) mass is 650 g/mol. The second kappa shape index (κ2) is 15.4. The standard InChI is InChI=1S/C24H42O20/c25-1-7-12(31)13(32)16(35)22(39-7)43-20-9(3-27)41-24(18(37)15(20)34)44-21-10(4-28)40-23(17(36)14(21)33)42-19-8(2-26)38-5-6(29)11(19)30/h6-37H,1-5H2/t6-,7+,8+,9+,10+,11+,12+,13-,14+,15+,16+,17+,18+,19+,20+,21+,22+,23+,24+/m0/s1. The summed E-state index contributed by atoms with van der Waals surface area (Å²) in [7, 11) is 0. The van der Waals surface area contributed by atoms with Gasteiger partial charge in [0, 0.05) is 0 Å². The lowest BCUT2D eigenvalue weighted by molar-refractivity contribution is -0.384. The zero-order valence-electron chi connectivity index (χ0n) is 23.2. The molecule has 4 aliphatic heterocycles. The topological polar surface area (TPSA) is 328 Å². The van der Waals surface area contributed by atoms with Crippen molar-refractivity contribution in [1.29, 1.82) is 0 Å². The quantitative estimate of drug-likeness (QED) is 0.104. The number of ether oxygens (including phenoxy) is 7. The van der Waals surface area contributed by atoms with Crippen molar-refractivity contribution in [2.75, 3.05) is 33.0 Å². The van der Waals surface area contributed by atoms with Crippen molar-refractivity contribution >= 4 is 0 Å². The minimum Gasteiger partial charge on any atom is -0.394 e. The zero-order chi connectivity index (χ0) is 32.5. The van der Waals surface area contributed by atoms with E-state index in [0.717, 1.165) is 0 Å². The summed E-state index contributed by atoms with van der Waals surface area (Å²) in [5.41, 5.74) is 0. The van der Waals surface area contributed by atoms with Gasteiger partial charge in [0.05, 0.1) is 33.0 Å². The largest absolute Gasteiger partial charge is 0.394 e. The van der Waals surface area contributed by atoms with E-state index < -0.39 is 143 Å². The summed E-state index contributed by atoms with van der Waals surface area (Å²) >= 11 is 0. The lowest BCUT2D eigenvalue weighted by Gasteiger charge is -2.48. The minimum absolute atomic E-state index is 0.309. The van der Waals surface area contributed by atoms with E-state index in [1.54, 1.807) is 0 Å². The maximum absolute atomic E-state index is 10.9. The van der Waals surface area contributed by atoms with Crippen molar-refractivity contribution in [2.24, 2.45) is 0 Å². The van der Waals surface area contributed by atoms with Crippen LogP contribution >= 0.6 is 0 Å². The Balaban J connectivity index is 1.43. The predicted octanol–water partition coefficient (Wildman–Crippen LogP) is -9.07. The van der Waals surface area contributed by atoms with Crippen molar-refractivity contribution in [3.05, 3.63) is 0 Å². The smallest absolute Gasteiger partial charge is 0.187 e. The molecule has 19 atom stereocenters. The highest BCUT2D eigenvalue weighted by Crippen LogP contribution is 2.33. The molecule has 0 radical (unpaired) electrons. The average molecular weight is 651 g/mol. The third-order valence-corrected chi connectivity index (χ3v) is 8.12. The van der Waals surface area contributed by atoms with Crippen LogP contribution in [0, 0.1) is 0 Å². The van der Waals surface area contributed by atoms with E-state index in [-0.39, 0.29) is 6.61 Å². The van der Waals surface area contributed by atoms with Gasteiger partial charge in [0.25, 0.3) is 0 Å². The summed E-state index contributed by atoms with van der Waals surface area (Å²) in [4.78, 5) is 0. The Hall–Kier alpha value is -0.800. The Kier molecular flexibility index (Phi) is 12.6. The second-order valence-corrected chi connectivity index (χ2v) is 11.0. The van der Waals surface area contributed by atoms with E-state index in [2.05, 4.69) is 0 Å². The Morgan fingerprint density at radius 1 is 0.409 bits per heavy atom. The number of hydrogen-bond acceptors (Lipinski definition) is 20. The second-order valence-electron chi connectivity index (χ2n) is 11.0. The van der Waals surface area contributed by atoms with E-state index in [9.17, 15) is 66.4 Å². The lowest BCUT2D eigenvalue weighted by atomic mass is 9.95. The van der Waals surface area contributed by atoms with Crippen molar-refractivity contribution in [3.8, 4) is 0 Å². The Bertz CT molecular complexity index is 879. The minimum atomic E-state index is -1.99. The number of rotatable bonds is 10. The molecule has 258 valence electrons. The highest BCUT2D eigenvalue weighted by atomic mass is 16.8. The normalized spacial score (nSPS) is 52.2. The van der Waals surface area contributed by atoms with Gasteiger partial charge in [-0.3, -0.25) is 0 Å². The molecular weight excluding hydrogens is 608 g/mol. The molecule has 4 rings (SSSR count). The van der Waals surface area contributed by atoms with Crippen LogP contribution in [-0.2, 0) is 33.2 Å². The zero-order valence-corrected chi connectivity index (χ0v) is 23.2. The average Bonchev–Trinajstić information content (AvgIpc) is 3.02. The molecule has 0 spiro atoms. The van der Waals surface area contributed by atoms with Crippen molar-refractivity contribution < 1.29 is 99.5 Å². The third kappa shape index (κ3) is 7.19. The van der Waals surface area contributed by atoms with Crippen molar-refractivity contribution in [1.82, 2.24) is 0 Å². The van der Waals surface area contributed by atoms with Crippen molar-refractivity contribution in [3.63, 3.8) is 0 Å². The van der Waals surface area contributed by atoms with Gasteiger partial charge < -0.3 is 99.5 Å². The summed E-state index contributed by atoms with van der Waals surface area (Å²) in [6, 6.07) is 0. The molecule has 0 aromatic carbocycles. The van der Waals surface area contributed by atoms with E-state index >= 15 is 0 Å². The third-order valence-electron chi connectivity index (χ3n) is 8.12. The van der Waals surface area contributed by atoms with Crippen LogP contribution in [0.5, 0.6) is 0 Å². The fraction of sp³-hybridized carbons (Fsp3) is 1.00. The first-order valence-electron chi connectivity index (χ1n) is 14.0. The first-order valence-corrected chi connectivity index (χ1v) is 14.0. The van der Waals surface area contributed by atoms with Crippen LogP contribution in [0.25, 0.3) is 0 Å². The number of aliphatic hydroxyl groups is 13. The van der Waals surface area contributed by atoms with Gasteiger partial charge in [-0.2, -0.15) is 0 Å². The van der Waals surface area contributed by atoms with Gasteiger partial charge in [-0.1, -0.05) is 0 Å². The lowest BCUT2D eigenvalue weighted by Crippen LogP contribution is -2.67. The molecule has 4 fully saturated rings. The first-order chi connectivity index (χ1) is 20.9. The molecule has 0 aromatic rings. The number of hydrogen-bond donors (Lipinski definition) is 13. The SMILES string of the molecule is OC[C@H]1O[C@H](O[C@H]2[C@H](O)[C@@H](O)[C@@H](O[C@H]3[C@H](O)[C@@H](O)[C@@H](O[C@H]4[C@H](O)[C@@H](O)CO[C@@H]4CO)O[C@@H]3CO)O[C@@H]2CO)[C@H](O)[C@@H](O)[C@@H]1O. The maximum atomic E-state index is 10.9. The van der Waals surface area contributed by atoms with Gasteiger partial charge in [0.1, 0.15) is 97.7 Å². The molecule has 0 aromatic heterocycles. The highest BCUT2D eigenvalue weighted by Gasteiger charge is 2.54. The molecule has 0 saturated carbocycles. The Labute approximate surface area is 249 Å². The molecule has 20 nitrogen and oxygen atoms in total. The predicted molar refractivity (Wildman–Crippen MR) is 133 cm³/mol. The summed E-state index contributed by atoms with van der Waals surface area (Å²) in [6.45, 7) is -3.45. The first kappa shape index (κ1) is 36.0. The molecule has 4 saturated heterocycles. The molecule has 4 heterocycles. The summed E-state index contributed by atoms with van der Waals surface area (Å²) in [5.74, 6) is 0. The molecule has 0 aliphatic carbocycles. The van der Waals surface area contributed by atoms with E-state index in [4.69, 9.17) is 33.2 Å². The van der Waals surface area contributed by atoms with Crippen molar-refractivity contribution in [2.45, 2.75) is 117 Å². The van der Waals surface area contributed by atoms with Gasteiger partial charge in [-0.05, 0) is 0 Å². The van der Waals surface area contributed by atoms with E-state index in [1.165, 1.54) is 0 Å². The molecule has 0 bridgehead atoms. The van der Waals surface area contributed by atoms with Gasteiger partial charge in [-0.25, -0.2) is 0 Å². The summed E-state index contributed by atoms with van der Waals surface area (Å²) in [5, 5.41) is 132. The van der Waals surface area contributed by atoms with Crippen LogP contribution in [0.1, 0.15) is 0 Å². The molecule has 0 amide bonds. The van der Waals surface area contributed by atoms with Crippen LogP contribution in [0.15, 0.2) is 0 Å². The van der Waals surface area contributed by atoms with Crippen LogP contribution < -0.4 is 0 Å². The van der Waals surface area contributed by atoms with Gasteiger partial charge in [0.15, 0.2) is 18.9 Å². The molecule has 44 heavy (non-hydrogen) atoms. The highest BCUT2D eigenvalue weighted by molar-refractivity contribution is 4.97. The molecule has 13 N–H and O–H groups in total. The molecule has 20 heteroatoms. The molecular formula is C24H42O20. The van der Waals surface area contributed by atoms with Gasteiger partial charge in [0.2, 0.25) is 0 Å². The van der Waals surface area contributed by atoms with Crippen LogP contribution in [-0.4, -0.2) is 216 Å². The molecule has 4 aliphatic rings. The van der Waals surface area contributed by atoms with Crippen LogP contribution in [0.3, 0.4) is 0 Å².